The number of rotatable bonds is 5. The SMILES string of the molecule is O=C(CNC1CC1)N1CCC[C@H](Oc2ccccc2Cl)C1. The highest BCUT2D eigenvalue weighted by molar-refractivity contribution is 6.32. The van der Waals surface area contributed by atoms with Gasteiger partial charge in [-0.2, -0.15) is 0 Å². The van der Waals surface area contributed by atoms with E-state index in [9.17, 15) is 4.79 Å². The molecule has 3 rings (SSSR count). The zero-order valence-electron chi connectivity index (χ0n) is 12.1. The van der Waals surface area contributed by atoms with Gasteiger partial charge in [-0.05, 0) is 37.8 Å². The monoisotopic (exact) mass is 308 g/mol. The summed E-state index contributed by atoms with van der Waals surface area (Å²) in [5, 5.41) is 3.90. The molecule has 114 valence electrons. The van der Waals surface area contributed by atoms with E-state index in [2.05, 4.69) is 5.32 Å². The van der Waals surface area contributed by atoms with Gasteiger partial charge < -0.3 is 15.0 Å². The zero-order valence-corrected chi connectivity index (χ0v) is 12.8. The van der Waals surface area contributed by atoms with Gasteiger partial charge >= 0.3 is 0 Å². The number of nitrogens with zero attached hydrogens (tertiary/aromatic N) is 1. The summed E-state index contributed by atoms with van der Waals surface area (Å²) in [7, 11) is 0. The highest BCUT2D eigenvalue weighted by atomic mass is 35.5. The van der Waals surface area contributed by atoms with Crippen molar-refractivity contribution in [3.05, 3.63) is 29.3 Å². The number of amides is 1. The van der Waals surface area contributed by atoms with Crippen LogP contribution in [0.3, 0.4) is 0 Å². The highest BCUT2D eigenvalue weighted by Gasteiger charge is 2.27. The van der Waals surface area contributed by atoms with Gasteiger partial charge in [-0.25, -0.2) is 0 Å². The van der Waals surface area contributed by atoms with Crippen LogP contribution in [0.5, 0.6) is 5.75 Å². The standard InChI is InChI=1S/C16H21ClN2O2/c17-14-5-1-2-6-15(14)21-13-4-3-9-19(11-13)16(20)10-18-12-7-8-12/h1-2,5-6,12-13,18H,3-4,7-11H2/t13-/m0/s1. The maximum absolute atomic E-state index is 12.2. The van der Waals surface area contributed by atoms with E-state index in [1.807, 2.05) is 29.2 Å². The topological polar surface area (TPSA) is 41.6 Å². The molecule has 1 N–H and O–H groups in total. The summed E-state index contributed by atoms with van der Waals surface area (Å²) in [6.07, 6.45) is 4.37. The first-order chi connectivity index (χ1) is 10.2. The third-order valence-electron chi connectivity index (χ3n) is 3.98. The summed E-state index contributed by atoms with van der Waals surface area (Å²) in [5.74, 6) is 0.879. The lowest BCUT2D eigenvalue weighted by molar-refractivity contribution is -0.132. The summed E-state index contributed by atoms with van der Waals surface area (Å²) >= 11 is 6.12. The Morgan fingerprint density at radius 1 is 1.33 bits per heavy atom. The lowest BCUT2D eigenvalue weighted by Crippen LogP contribution is -2.47. The third kappa shape index (κ3) is 4.11. The molecule has 5 heteroatoms. The Morgan fingerprint density at radius 3 is 2.90 bits per heavy atom. The van der Waals surface area contributed by atoms with Gasteiger partial charge in [0.25, 0.3) is 0 Å². The summed E-state index contributed by atoms with van der Waals surface area (Å²) in [6, 6.07) is 8.05. The number of para-hydroxylation sites is 1. The van der Waals surface area contributed by atoms with Crippen molar-refractivity contribution >= 4 is 17.5 Å². The van der Waals surface area contributed by atoms with Gasteiger partial charge in [-0.1, -0.05) is 23.7 Å². The van der Waals surface area contributed by atoms with Crippen LogP contribution >= 0.6 is 11.6 Å². The van der Waals surface area contributed by atoms with Crippen LogP contribution in [-0.2, 0) is 4.79 Å². The molecular weight excluding hydrogens is 288 g/mol. The Morgan fingerprint density at radius 2 is 2.14 bits per heavy atom. The zero-order chi connectivity index (χ0) is 14.7. The number of hydrogen-bond donors (Lipinski definition) is 1. The largest absolute Gasteiger partial charge is 0.487 e. The van der Waals surface area contributed by atoms with E-state index in [1.54, 1.807) is 0 Å². The molecular formula is C16H21ClN2O2. The van der Waals surface area contributed by atoms with Gasteiger partial charge in [0.15, 0.2) is 0 Å². The predicted octanol–water partition coefficient (Wildman–Crippen LogP) is 2.46. The quantitative estimate of drug-likeness (QED) is 0.908. The fourth-order valence-corrected chi connectivity index (χ4v) is 2.79. The number of carbonyl (C=O) groups is 1. The lowest BCUT2D eigenvalue weighted by atomic mass is 10.1. The number of hydrogen-bond acceptors (Lipinski definition) is 3. The van der Waals surface area contributed by atoms with E-state index in [1.165, 1.54) is 12.8 Å². The molecule has 1 aliphatic heterocycles. The molecule has 1 saturated heterocycles. The molecule has 0 bridgehead atoms. The second-order valence-electron chi connectivity index (χ2n) is 5.81. The van der Waals surface area contributed by atoms with Gasteiger partial charge in [-0.15, -0.1) is 0 Å². The normalized spacial score (nSPS) is 22.1. The molecule has 1 heterocycles. The van der Waals surface area contributed by atoms with Crippen LogP contribution in [0, 0.1) is 0 Å². The smallest absolute Gasteiger partial charge is 0.236 e. The number of benzene rings is 1. The summed E-state index contributed by atoms with van der Waals surface area (Å²) in [5.41, 5.74) is 0. The molecule has 2 fully saturated rings. The number of ether oxygens (including phenoxy) is 1. The third-order valence-corrected chi connectivity index (χ3v) is 4.29. The summed E-state index contributed by atoms with van der Waals surface area (Å²) in [6.45, 7) is 1.92. The average molecular weight is 309 g/mol. The van der Waals surface area contributed by atoms with Crippen LogP contribution in [0.2, 0.25) is 5.02 Å². The first-order valence-corrected chi connectivity index (χ1v) is 8.02. The van der Waals surface area contributed by atoms with Crippen molar-refractivity contribution in [2.75, 3.05) is 19.6 Å². The molecule has 0 unspecified atom stereocenters. The molecule has 1 atom stereocenters. The molecule has 1 saturated carbocycles. The summed E-state index contributed by atoms with van der Waals surface area (Å²) < 4.78 is 5.96. The molecule has 1 amide bonds. The number of piperidine rings is 1. The number of nitrogens with one attached hydrogen (secondary N) is 1. The number of halogens is 1. The van der Waals surface area contributed by atoms with E-state index < -0.39 is 0 Å². The lowest BCUT2D eigenvalue weighted by Gasteiger charge is -2.33. The Hall–Kier alpha value is -1.26. The summed E-state index contributed by atoms with van der Waals surface area (Å²) in [4.78, 5) is 14.1. The van der Waals surface area contributed by atoms with Crippen molar-refractivity contribution in [3.63, 3.8) is 0 Å². The van der Waals surface area contributed by atoms with Crippen molar-refractivity contribution in [1.82, 2.24) is 10.2 Å². The van der Waals surface area contributed by atoms with Crippen LogP contribution in [0.15, 0.2) is 24.3 Å². The first kappa shape index (κ1) is 14.7. The first-order valence-electron chi connectivity index (χ1n) is 7.65. The van der Waals surface area contributed by atoms with E-state index in [-0.39, 0.29) is 12.0 Å². The highest BCUT2D eigenvalue weighted by Crippen LogP contribution is 2.26. The predicted molar refractivity (Wildman–Crippen MR) is 82.7 cm³/mol. The minimum atomic E-state index is 0.0310. The molecule has 1 aromatic rings. The minimum absolute atomic E-state index is 0.0310. The average Bonchev–Trinajstić information content (AvgIpc) is 3.32. The van der Waals surface area contributed by atoms with Gasteiger partial charge in [0.1, 0.15) is 11.9 Å². The van der Waals surface area contributed by atoms with Crippen molar-refractivity contribution < 1.29 is 9.53 Å². The molecule has 0 spiro atoms. The van der Waals surface area contributed by atoms with E-state index >= 15 is 0 Å². The van der Waals surface area contributed by atoms with Crippen molar-refractivity contribution in [1.29, 1.82) is 0 Å². The molecule has 0 aromatic heterocycles. The molecule has 21 heavy (non-hydrogen) atoms. The Balaban J connectivity index is 1.52. The molecule has 1 aliphatic carbocycles. The molecule has 0 radical (unpaired) electrons. The van der Waals surface area contributed by atoms with Gasteiger partial charge in [0.2, 0.25) is 5.91 Å². The molecule has 1 aromatic carbocycles. The Bertz CT molecular complexity index is 505. The van der Waals surface area contributed by atoms with Crippen LogP contribution in [0.4, 0.5) is 0 Å². The molecule has 2 aliphatic rings. The van der Waals surface area contributed by atoms with Gasteiger partial charge in [-0.3, -0.25) is 4.79 Å². The van der Waals surface area contributed by atoms with E-state index in [0.717, 1.165) is 19.4 Å². The van der Waals surface area contributed by atoms with Crippen molar-refractivity contribution in [3.8, 4) is 5.75 Å². The van der Waals surface area contributed by atoms with Crippen LogP contribution < -0.4 is 10.1 Å². The number of likely N-dealkylation sites (tertiary alicyclic amines) is 1. The van der Waals surface area contributed by atoms with Gasteiger partial charge in [0.05, 0.1) is 18.1 Å². The van der Waals surface area contributed by atoms with E-state index in [4.69, 9.17) is 16.3 Å². The second kappa shape index (κ2) is 6.67. The second-order valence-corrected chi connectivity index (χ2v) is 6.21. The van der Waals surface area contributed by atoms with Gasteiger partial charge in [0, 0.05) is 12.6 Å². The van der Waals surface area contributed by atoms with Crippen molar-refractivity contribution in [2.45, 2.75) is 37.8 Å². The van der Waals surface area contributed by atoms with Crippen molar-refractivity contribution in [2.24, 2.45) is 0 Å². The number of carbonyl (C=O) groups excluding carboxylic acids is 1. The van der Waals surface area contributed by atoms with Crippen LogP contribution in [0.1, 0.15) is 25.7 Å². The Kier molecular flexibility index (Phi) is 4.66. The van der Waals surface area contributed by atoms with Crippen LogP contribution in [-0.4, -0.2) is 42.6 Å². The molecule has 4 nitrogen and oxygen atoms in total. The maximum atomic E-state index is 12.2. The van der Waals surface area contributed by atoms with Crippen LogP contribution in [0.25, 0.3) is 0 Å². The minimum Gasteiger partial charge on any atom is -0.487 e. The maximum Gasteiger partial charge on any atom is 0.236 e. The fourth-order valence-electron chi connectivity index (χ4n) is 2.61. The van der Waals surface area contributed by atoms with E-state index in [0.29, 0.717) is 29.9 Å². The fraction of sp³-hybridized carbons (Fsp3) is 0.562. The Labute approximate surface area is 130 Å².